The Morgan fingerprint density at radius 2 is 1.85 bits per heavy atom. The minimum absolute atomic E-state index is 0.0616. The molecule has 4 aliphatic rings. The van der Waals surface area contributed by atoms with Gasteiger partial charge in [-0.3, -0.25) is 4.79 Å². The Morgan fingerprint density at radius 3 is 2.48 bits per heavy atom. The van der Waals surface area contributed by atoms with Gasteiger partial charge in [0.25, 0.3) is 0 Å². The predicted molar refractivity (Wildman–Crippen MR) is 105 cm³/mol. The van der Waals surface area contributed by atoms with E-state index in [2.05, 4.69) is 17.2 Å². The van der Waals surface area contributed by atoms with E-state index < -0.39 is 0 Å². The lowest BCUT2D eigenvalue weighted by Crippen LogP contribution is -2.56. The Labute approximate surface area is 160 Å². The normalized spacial score (nSPS) is 32.8. The van der Waals surface area contributed by atoms with Gasteiger partial charge in [-0.05, 0) is 99.3 Å². The number of carbonyl (C=O) groups is 1. The van der Waals surface area contributed by atoms with Crippen LogP contribution in [-0.4, -0.2) is 16.9 Å². The molecule has 4 fully saturated rings. The van der Waals surface area contributed by atoms with E-state index in [1.165, 1.54) is 50.7 Å². The van der Waals surface area contributed by atoms with Crippen LogP contribution < -0.4 is 5.32 Å². The van der Waals surface area contributed by atoms with Crippen molar-refractivity contribution in [3.8, 4) is 0 Å². The summed E-state index contributed by atoms with van der Waals surface area (Å²) < 4.78 is 13.7. The third-order valence-electron chi connectivity index (χ3n) is 7.80. The van der Waals surface area contributed by atoms with Crippen molar-refractivity contribution in [1.82, 2.24) is 10.3 Å². The van der Waals surface area contributed by atoms with Crippen molar-refractivity contribution >= 4 is 16.8 Å². The van der Waals surface area contributed by atoms with E-state index in [9.17, 15) is 9.18 Å². The van der Waals surface area contributed by atoms with Crippen LogP contribution in [-0.2, 0) is 11.2 Å². The fourth-order valence-electron chi connectivity index (χ4n) is 6.90. The highest BCUT2D eigenvalue weighted by molar-refractivity contribution is 5.90. The fourth-order valence-corrected chi connectivity index (χ4v) is 6.90. The Hall–Kier alpha value is -1.84. The third-order valence-corrected chi connectivity index (χ3v) is 7.80. The quantitative estimate of drug-likeness (QED) is 0.794. The molecule has 1 heterocycles. The molecule has 144 valence electrons. The van der Waals surface area contributed by atoms with Crippen LogP contribution in [0, 0.1) is 35.9 Å². The zero-order chi connectivity index (χ0) is 18.8. The number of hydrogen-bond donors (Lipinski definition) is 2. The Morgan fingerprint density at radius 1 is 1.22 bits per heavy atom. The summed E-state index contributed by atoms with van der Waals surface area (Å²) in [7, 11) is 0. The Bertz CT molecular complexity index is 864. The number of nitrogens with one attached hydrogen (secondary N) is 2. The topological polar surface area (TPSA) is 44.9 Å². The van der Waals surface area contributed by atoms with E-state index in [1.807, 2.05) is 6.92 Å². The van der Waals surface area contributed by atoms with Crippen molar-refractivity contribution < 1.29 is 9.18 Å². The summed E-state index contributed by atoms with van der Waals surface area (Å²) in [5.74, 6) is 2.45. The van der Waals surface area contributed by atoms with Crippen LogP contribution in [0.15, 0.2) is 18.2 Å². The van der Waals surface area contributed by atoms with E-state index in [0.29, 0.717) is 11.8 Å². The summed E-state index contributed by atoms with van der Waals surface area (Å²) in [6.07, 6.45) is 8.43. The molecule has 0 aliphatic heterocycles. The molecule has 4 aliphatic carbocycles. The maximum absolute atomic E-state index is 13.7. The molecule has 3 nitrogen and oxygen atoms in total. The number of carbonyl (C=O) groups excluding carboxylic acids is 1. The molecule has 6 rings (SSSR count). The molecule has 0 radical (unpaired) electrons. The summed E-state index contributed by atoms with van der Waals surface area (Å²) in [5.41, 5.74) is 3.07. The third kappa shape index (κ3) is 2.88. The molecule has 27 heavy (non-hydrogen) atoms. The van der Waals surface area contributed by atoms with Crippen molar-refractivity contribution in [3.63, 3.8) is 0 Å². The number of halogens is 1. The van der Waals surface area contributed by atoms with Gasteiger partial charge in [0, 0.05) is 22.6 Å². The average Bonchev–Trinajstić information content (AvgIpc) is 2.89. The molecule has 4 heteroatoms. The maximum atomic E-state index is 13.7. The first-order chi connectivity index (χ1) is 12.9. The van der Waals surface area contributed by atoms with Crippen molar-refractivity contribution in [3.05, 3.63) is 35.3 Å². The smallest absolute Gasteiger partial charge is 0.224 e. The molecule has 4 saturated carbocycles. The van der Waals surface area contributed by atoms with E-state index in [1.54, 1.807) is 6.07 Å². The second-order valence-electron chi connectivity index (χ2n) is 9.66. The molecule has 1 amide bonds. The van der Waals surface area contributed by atoms with Gasteiger partial charge in [-0.25, -0.2) is 4.39 Å². The van der Waals surface area contributed by atoms with Crippen molar-refractivity contribution in [2.45, 2.75) is 64.8 Å². The van der Waals surface area contributed by atoms with Gasteiger partial charge in [0.1, 0.15) is 5.82 Å². The van der Waals surface area contributed by atoms with Crippen molar-refractivity contribution in [2.75, 3.05) is 0 Å². The number of hydrogen-bond acceptors (Lipinski definition) is 1. The van der Waals surface area contributed by atoms with Gasteiger partial charge in [-0.1, -0.05) is 0 Å². The highest BCUT2D eigenvalue weighted by Gasteiger charge is 2.53. The summed E-state index contributed by atoms with van der Waals surface area (Å²) in [6.45, 7) is 4.18. The van der Waals surface area contributed by atoms with Gasteiger partial charge in [-0.15, -0.1) is 0 Å². The van der Waals surface area contributed by atoms with Gasteiger partial charge >= 0.3 is 0 Å². The Balaban J connectivity index is 1.33. The van der Waals surface area contributed by atoms with Gasteiger partial charge in [-0.2, -0.15) is 0 Å². The number of aromatic nitrogens is 1. The van der Waals surface area contributed by atoms with Gasteiger partial charge < -0.3 is 10.3 Å². The summed E-state index contributed by atoms with van der Waals surface area (Å²) in [4.78, 5) is 16.2. The summed E-state index contributed by atoms with van der Waals surface area (Å²) >= 11 is 0. The molecule has 0 unspecified atom stereocenters. The highest BCUT2D eigenvalue weighted by atomic mass is 19.1. The number of rotatable bonds is 4. The number of H-pyrrole nitrogens is 1. The standard InChI is InChI=1S/C23H29FN2O/c1-13-19(20-8-18(24)3-4-21(20)25-13)9-22(27)26-14(2)23-10-15-5-16(11-23)7-17(6-15)12-23/h3-4,8,14-17,25H,5-7,9-12H2,1-2H3,(H,26,27)/t14-,15?,16?,17?,23?/m1/s1. The van der Waals surface area contributed by atoms with Crippen LogP contribution in [0.25, 0.3) is 10.9 Å². The first kappa shape index (κ1) is 17.3. The predicted octanol–water partition coefficient (Wildman–Crippen LogP) is 4.88. The average molecular weight is 368 g/mol. The zero-order valence-corrected chi connectivity index (χ0v) is 16.3. The first-order valence-corrected chi connectivity index (χ1v) is 10.5. The molecule has 4 bridgehead atoms. The molecular weight excluding hydrogens is 339 g/mol. The molecule has 0 spiro atoms. The van der Waals surface area contributed by atoms with Crippen LogP contribution in [0.3, 0.4) is 0 Å². The fraction of sp³-hybridized carbons (Fsp3) is 0.609. The van der Waals surface area contributed by atoms with E-state index in [-0.39, 0.29) is 17.8 Å². The molecule has 1 aromatic carbocycles. The molecular formula is C23H29FN2O. The minimum atomic E-state index is -0.259. The lowest BCUT2D eigenvalue weighted by Gasteiger charge is -2.59. The van der Waals surface area contributed by atoms with E-state index >= 15 is 0 Å². The highest BCUT2D eigenvalue weighted by Crippen LogP contribution is 2.61. The number of aryl methyl sites for hydroxylation is 1. The molecule has 1 atom stereocenters. The Kier molecular flexibility index (Phi) is 3.89. The summed E-state index contributed by atoms with van der Waals surface area (Å²) in [5, 5.41) is 4.16. The van der Waals surface area contributed by atoms with Gasteiger partial charge in [0.05, 0.1) is 6.42 Å². The molecule has 0 saturated heterocycles. The number of benzene rings is 1. The van der Waals surface area contributed by atoms with Crippen molar-refractivity contribution in [2.24, 2.45) is 23.2 Å². The summed E-state index contributed by atoms with van der Waals surface area (Å²) in [6, 6.07) is 4.96. The lowest BCUT2D eigenvalue weighted by molar-refractivity contribution is -0.125. The van der Waals surface area contributed by atoms with Crippen LogP contribution >= 0.6 is 0 Å². The minimum Gasteiger partial charge on any atom is -0.358 e. The second-order valence-corrected chi connectivity index (χ2v) is 9.66. The van der Waals surface area contributed by atoms with Crippen LogP contribution in [0.1, 0.15) is 56.7 Å². The SMILES string of the molecule is Cc1[nH]c2ccc(F)cc2c1CC(=O)N[C@H](C)C12CC3CC(CC(C3)C1)C2. The maximum Gasteiger partial charge on any atom is 0.224 e. The lowest BCUT2D eigenvalue weighted by atomic mass is 9.48. The largest absolute Gasteiger partial charge is 0.358 e. The number of amides is 1. The monoisotopic (exact) mass is 368 g/mol. The van der Waals surface area contributed by atoms with E-state index in [4.69, 9.17) is 0 Å². The molecule has 2 N–H and O–H groups in total. The first-order valence-electron chi connectivity index (χ1n) is 10.5. The van der Waals surface area contributed by atoms with Crippen LogP contribution in [0.4, 0.5) is 4.39 Å². The van der Waals surface area contributed by atoms with E-state index in [0.717, 1.165) is 39.9 Å². The molecule has 1 aromatic heterocycles. The van der Waals surface area contributed by atoms with Gasteiger partial charge in [0.15, 0.2) is 0 Å². The van der Waals surface area contributed by atoms with Crippen LogP contribution in [0.2, 0.25) is 0 Å². The molecule has 2 aromatic rings. The second kappa shape index (κ2) is 6.08. The number of aromatic amines is 1. The van der Waals surface area contributed by atoms with Crippen molar-refractivity contribution in [1.29, 1.82) is 0 Å². The van der Waals surface area contributed by atoms with Gasteiger partial charge in [0.2, 0.25) is 5.91 Å². The van der Waals surface area contributed by atoms with Crippen LogP contribution in [0.5, 0.6) is 0 Å². The zero-order valence-electron chi connectivity index (χ0n) is 16.3. The number of fused-ring (bicyclic) bond motifs is 1.